The van der Waals surface area contributed by atoms with Gasteiger partial charge in [0, 0.05) is 48.9 Å². The molecular formula is C24H26N6O2. The number of benzene rings is 2. The van der Waals surface area contributed by atoms with E-state index in [0.717, 1.165) is 54.3 Å². The smallest absolute Gasteiger partial charge is 0.322 e. The number of aryl methyl sites for hydroxylation is 2. The molecule has 3 amide bonds. The molecule has 0 bridgehead atoms. The van der Waals surface area contributed by atoms with Crippen LogP contribution in [0.1, 0.15) is 34.6 Å². The second kappa shape index (κ2) is 8.45. The van der Waals surface area contributed by atoms with Crippen LogP contribution in [-0.2, 0) is 13.0 Å². The standard InChI is InChI=1S/C24H26N6O2/c1-16-7-8-18(15-20(16)29-14-12-25-24(29)32)23(31)26-19-9-10-21-27-28-22(30(21)13-11-19)17-5-3-2-4-6-17/h2-8,15,19H,9-14H2,1H3,(H,25,32)(H,26,31). The Morgan fingerprint density at radius 2 is 1.94 bits per heavy atom. The number of carbonyl (C=O) groups is 2. The van der Waals surface area contributed by atoms with Gasteiger partial charge in [-0.1, -0.05) is 36.4 Å². The molecular weight excluding hydrogens is 404 g/mol. The molecule has 2 N–H and O–H groups in total. The van der Waals surface area contributed by atoms with Gasteiger partial charge in [-0.25, -0.2) is 4.79 Å². The summed E-state index contributed by atoms with van der Waals surface area (Å²) in [4.78, 5) is 26.8. The Morgan fingerprint density at radius 1 is 1.09 bits per heavy atom. The highest BCUT2D eigenvalue weighted by atomic mass is 16.2. The molecule has 2 aliphatic heterocycles. The van der Waals surface area contributed by atoms with E-state index in [2.05, 4.69) is 25.4 Å². The number of aromatic nitrogens is 3. The van der Waals surface area contributed by atoms with Crippen molar-refractivity contribution >= 4 is 17.6 Å². The number of nitrogens with one attached hydrogen (secondary N) is 2. The van der Waals surface area contributed by atoms with Crippen LogP contribution in [0.15, 0.2) is 48.5 Å². The van der Waals surface area contributed by atoms with Crippen LogP contribution in [0, 0.1) is 6.92 Å². The Morgan fingerprint density at radius 3 is 2.72 bits per heavy atom. The minimum absolute atomic E-state index is 0.0488. The molecule has 1 unspecified atom stereocenters. The van der Waals surface area contributed by atoms with E-state index in [9.17, 15) is 9.59 Å². The molecule has 2 aromatic carbocycles. The summed E-state index contributed by atoms with van der Waals surface area (Å²) in [6.45, 7) is 3.93. The van der Waals surface area contributed by atoms with Crippen molar-refractivity contribution in [1.82, 2.24) is 25.4 Å². The summed E-state index contributed by atoms with van der Waals surface area (Å²) >= 11 is 0. The molecule has 3 heterocycles. The predicted octanol–water partition coefficient (Wildman–Crippen LogP) is 2.92. The minimum Gasteiger partial charge on any atom is -0.349 e. The Kier molecular flexibility index (Phi) is 5.34. The third-order valence-corrected chi connectivity index (χ3v) is 6.23. The van der Waals surface area contributed by atoms with Gasteiger partial charge in [0.1, 0.15) is 5.82 Å². The predicted molar refractivity (Wildman–Crippen MR) is 122 cm³/mol. The Balaban J connectivity index is 1.29. The fourth-order valence-corrected chi connectivity index (χ4v) is 4.44. The average Bonchev–Trinajstić information content (AvgIpc) is 3.37. The molecule has 164 valence electrons. The van der Waals surface area contributed by atoms with Crippen LogP contribution in [0.5, 0.6) is 0 Å². The molecule has 1 atom stereocenters. The molecule has 3 aromatic rings. The molecule has 0 saturated carbocycles. The van der Waals surface area contributed by atoms with Crippen LogP contribution >= 0.6 is 0 Å². The summed E-state index contributed by atoms with van der Waals surface area (Å²) in [6.07, 6.45) is 2.38. The van der Waals surface area contributed by atoms with Gasteiger partial charge in [0.15, 0.2) is 5.82 Å². The average molecular weight is 431 g/mol. The second-order valence-corrected chi connectivity index (χ2v) is 8.34. The molecule has 32 heavy (non-hydrogen) atoms. The van der Waals surface area contributed by atoms with Gasteiger partial charge in [-0.05, 0) is 37.5 Å². The first kappa shape index (κ1) is 20.2. The molecule has 1 aromatic heterocycles. The van der Waals surface area contributed by atoms with Crippen molar-refractivity contribution in [3.63, 3.8) is 0 Å². The van der Waals surface area contributed by atoms with E-state index in [4.69, 9.17) is 0 Å². The van der Waals surface area contributed by atoms with E-state index in [1.807, 2.05) is 55.5 Å². The summed E-state index contributed by atoms with van der Waals surface area (Å²) in [6, 6.07) is 15.5. The largest absolute Gasteiger partial charge is 0.349 e. The van der Waals surface area contributed by atoms with Crippen LogP contribution in [0.2, 0.25) is 0 Å². The zero-order valence-corrected chi connectivity index (χ0v) is 18.0. The number of carbonyl (C=O) groups excluding carboxylic acids is 2. The van der Waals surface area contributed by atoms with Crippen LogP contribution in [0.4, 0.5) is 10.5 Å². The van der Waals surface area contributed by atoms with Crippen LogP contribution in [0.3, 0.4) is 0 Å². The van der Waals surface area contributed by atoms with Crippen molar-refractivity contribution in [1.29, 1.82) is 0 Å². The highest BCUT2D eigenvalue weighted by molar-refractivity contribution is 5.99. The fourth-order valence-electron chi connectivity index (χ4n) is 4.44. The summed E-state index contributed by atoms with van der Waals surface area (Å²) in [5.74, 6) is 1.72. The van der Waals surface area contributed by atoms with Crippen molar-refractivity contribution in [2.24, 2.45) is 0 Å². The monoisotopic (exact) mass is 430 g/mol. The lowest BCUT2D eigenvalue weighted by atomic mass is 10.1. The Bertz CT molecular complexity index is 1160. The van der Waals surface area contributed by atoms with Gasteiger partial charge in [-0.2, -0.15) is 0 Å². The van der Waals surface area contributed by atoms with Crippen LogP contribution in [0.25, 0.3) is 11.4 Å². The number of urea groups is 1. The summed E-state index contributed by atoms with van der Waals surface area (Å²) < 4.78 is 2.16. The first-order valence-electron chi connectivity index (χ1n) is 11.0. The lowest BCUT2D eigenvalue weighted by Gasteiger charge is -2.20. The lowest BCUT2D eigenvalue weighted by Crippen LogP contribution is -2.35. The summed E-state index contributed by atoms with van der Waals surface area (Å²) in [7, 11) is 0. The Hall–Kier alpha value is -3.68. The van der Waals surface area contributed by atoms with Crippen LogP contribution < -0.4 is 15.5 Å². The molecule has 0 radical (unpaired) electrons. The van der Waals surface area contributed by atoms with E-state index in [-0.39, 0.29) is 18.0 Å². The van der Waals surface area contributed by atoms with Crippen molar-refractivity contribution < 1.29 is 9.59 Å². The van der Waals surface area contributed by atoms with Crippen molar-refractivity contribution in [2.45, 2.75) is 38.8 Å². The van der Waals surface area contributed by atoms with E-state index in [1.54, 1.807) is 4.90 Å². The highest BCUT2D eigenvalue weighted by Gasteiger charge is 2.25. The quantitative estimate of drug-likeness (QED) is 0.666. The maximum atomic E-state index is 13.0. The van der Waals surface area contributed by atoms with Gasteiger partial charge in [0.2, 0.25) is 0 Å². The molecule has 2 aliphatic rings. The van der Waals surface area contributed by atoms with Gasteiger partial charge in [-0.3, -0.25) is 9.69 Å². The third-order valence-electron chi connectivity index (χ3n) is 6.23. The van der Waals surface area contributed by atoms with Crippen molar-refractivity contribution in [3.05, 3.63) is 65.5 Å². The number of nitrogens with zero attached hydrogens (tertiary/aromatic N) is 4. The Labute approximate surface area is 186 Å². The molecule has 8 nitrogen and oxygen atoms in total. The number of amides is 3. The molecule has 0 aliphatic carbocycles. The maximum absolute atomic E-state index is 13.0. The molecule has 1 saturated heterocycles. The second-order valence-electron chi connectivity index (χ2n) is 8.34. The third kappa shape index (κ3) is 3.84. The number of rotatable bonds is 4. The number of hydrogen-bond donors (Lipinski definition) is 2. The number of fused-ring (bicyclic) bond motifs is 1. The summed E-state index contributed by atoms with van der Waals surface area (Å²) in [5, 5.41) is 14.8. The van der Waals surface area contributed by atoms with E-state index in [1.165, 1.54) is 0 Å². The molecule has 0 spiro atoms. The fraction of sp³-hybridized carbons (Fsp3) is 0.333. The van der Waals surface area contributed by atoms with Crippen molar-refractivity contribution in [2.75, 3.05) is 18.0 Å². The lowest BCUT2D eigenvalue weighted by molar-refractivity contribution is 0.0933. The topological polar surface area (TPSA) is 92.2 Å². The SMILES string of the molecule is Cc1ccc(C(=O)NC2CCc3nnc(-c4ccccc4)n3CC2)cc1N1CCNC1=O. The van der Waals surface area contributed by atoms with Crippen molar-refractivity contribution in [3.8, 4) is 11.4 Å². The van der Waals surface area contributed by atoms with Gasteiger partial charge in [-0.15, -0.1) is 10.2 Å². The summed E-state index contributed by atoms with van der Waals surface area (Å²) in [5.41, 5.74) is 3.37. The number of anilines is 1. The zero-order chi connectivity index (χ0) is 22.1. The number of hydrogen-bond acceptors (Lipinski definition) is 4. The molecule has 1 fully saturated rings. The molecule has 5 rings (SSSR count). The zero-order valence-electron chi connectivity index (χ0n) is 18.0. The molecule has 8 heteroatoms. The normalized spacial score (nSPS) is 18.1. The van der Waals surface area contributed by atoms with Gasteiger partial charge >= 0.3 is 6.03 Å². The maximum Gasteiger partial charge on any atom is 0.322 e. The van der Waals surface area contributed by atoms with E-state index >= 15 is 0 Å². The van der Waals surface area contributed by atoms with Crippen LogP contribution in [-0.4, -0.2) is 45.8 Å². The van der Waals surface area contributed by atoms with E-state index in [0.29, 0.717) is 18.7 Å². The van der Waals surface area contributed by atoms with Gasteiger partial charge in [0.05, 0.1) is 0 Å². The van der Waals surface area contributed by atoms with Gasteiger partial charge in [0.25, 0.3) is 5.91 Å². The van der Waals surface area contributed by atoms with Gasteiger partial charge < -0.3 is 15.2 Å². The first-order valence-corrected chi connectivity index (χ1v) is 11.0. The highest BCUT2D eigenvalue weighted by Crippen LogP contribution is 2.25. The minimum atomic E-state index is -0.119. The van der Waals surface area contributed by atoms with E-state index < -0.39 is 0 Å². The first-order chi connectivity index (χ1) is 15.6.